The normalized spacial score (nSPS) is 32.5. The van der Waals surface area contributed by atoms with E-state index < -0.39 is 54.9 Å². The van der Waals surface area contributed by atoms with Crippen LogP contribution < -0.4 is 15.2 Å². The highest BCUT2D eigenvalue weighted by molar-refractivity contribution is 8.76. The van der Waals surface area contributed by atoms with Gasteiger partial charge >= 0.3 is 0 Å². The van der Waals surface area contributed by atoms with Crippen LogP contribution in [0, 0.1) is 12.8 Å². The molecule has 8 N–H and O–H groups in total. The zero-order valence-electron chi connectivity index (χ0n) is 26.6. The van der Waals surface area contributed by atoms with Crippen molar-refractivity contribution in [3.63, 3.8) is 0 Å². The standard InChI is InChI=1S/C35H41NO10S2/c1-17-12-20-21(16-37)24(44-2)15-25-28(20)29(39)27(17)23(38)9-11-47-48-26(13-18-6-4-3-5-7-18)22-14-19(36)8-10-35(22,43)33-31(41)30(40)32(42)34(45-25)46-33/h3-8,10,12,15,19,22,26,30-34,37,39-43H,9,11,13-14,16,36H2,1-2H3. The molecule has 13 heteroatoms. The number of aliphatic hydroxyl groups excluding tert-OH is 4. The molecule has 0 aromatic heterocycles. The summed E-state index contributed by atoms with van der Waals surface area (Å²) in [7, 11) is 4.35. The van der Waals surface area contributed by atoms with Gasteiger partial charge in [0.2, 0.25) is 6.29 Å². The van der Waals surface area contributed by atoms with E-state index in [4.69, 9.17) is 19.9 Å². The number of carbonyl (C=O) groups is 1. The zero-order valence-corrected chi connectivity index (χ0v) is 28.2. The number of benzene rings is 3. The number of hydrogen-bond acceptors (Lipinski definition) is 13. The van der Waals surface area contributed by atoms with Crippen LogP contribution in [0.5, 0.6) is 17.2 Å². The van der Waals surface area contributed by atoms with Crippen LogP contribution in [-0.2, 0) is 17.8 Å². The summed E-state index contributed by atoms with van der Waals surface area (Å²) in [6, 6.07) is 12.4. The second-order valence-corrected chi connectivity index (χ2v) is 15.4. The van der Waals surface area contributed by atoms with E-state index in [-0.39, 0.29) is 45.7 Å². The molecule has 9 atom stereocenters. The average molecular weight is 700 g/mol. The molecule has 0 saturated carbocycles. The first-order valence-electron chi connectivity index (χ1n) is 15.8. The number of Topliss-reactive ketones (excluding diaryl/α,β-unsaturated/α-hetero) is 1. The smallest absolute Gasteiger partial charge is 0.229 e. The molecule has 1 aliphatic carbocycles. The number of methoxy groups -OCH3 is 1. The fourth-order valence-corrected chi connectivity index (χ4v) is 10.1. The quantitative estimate of drug-likeness (QED) is 0.156. The SMILES string of the molecule is COc1cc2c3c(O)c(c(C)cc3c1CO)C(=O)CCSSC(Cc1ccccc1)C1CC(N)C=CC1(O)C1OC(O2)C(O)C(O)C1O. The van der Waals surface area contributed by atoms with E-state index in [0.717, 1.165) is 5.56 Å². The maximum atomic E-state index is 13.7. The number of ether oxygens (including phenoxy) is 3. The lowest BCUT2D eigenvalue weighted by atomic mass is 9.69. The number of aromatic hydroxyl groups is 1. The molecule has 2 aliphatic heterocycles. The van der Waals surface area contributed by atoms with Crippen molar-refractivity contribution >= 4 is 38.1 Å². The van der Waals surface area contributed by atoms with Gasteiger partial charge in [-0.05, 0) is 42.3 Å². The number of hydrogen-bond donors (Lipinski definition) is 7. The number of phenols is 1. The van der Waals surface area contributed by atoms with Gasteiger partial charge in [0, 0.05) is 41.0 Å². The number of phenolic OH excluding ortho intramolecular Hbond substituents is 1. The summed E-state index contributed by atoms with van der Waals surface area (Å²) >= 11 is 0. The molecule has 6 rings (SSSR count). The lowest BCUT2D eigenvalue weighted by molar-refractivity contribution is -0.304. The van der Waals surface area contributed by atoms with Crippen molar-refractivity contribution in [3.8, 4) is 17.2 Å². The Hall–Kier alpha value is -2.85. The molecule has 11 nitrogen and oxygen atoms in total. The summed E-state index contributed by atoms with van der Waals surface area (Å²) in [6.45, 7) is 1.24. The molecule has 0 spiro atoms. The van der Waals surface area contributed by atoms with Gasteiger partial charge < -0.3 is 50.6 Å². The van der Waals surface area contributed by atoms with Gasteiger partial charge in [-0.1, -0.05) is 64.1 Å². The van der Waals surface area contributed by atoms with Gasteiger partial charge in [0.1, 0.15) is 47.3 Å². The zero-order chi connectivity index (χ0) is 34.3. The largest absolute Gasteiger partial charge is 0.506 e. The Bertz CT molecular complexity index is 1690. The minimum absolute atomic E-state index is 0.0685. The molecule has 3 aromatic carbocycles. The summed E-state index contributed by atoms with van der Waals surface area (Å²) in [6.07, 6.45) is -4.34. The highest BCUT2D eigenvalue weighted by Gasteiger charge is 2.57. The van der Waals surface area contributed by atoms with Crippen LogP contribution in [0.1, 0.15) is 39.9 Å². The topological polar surface area (TPSA) is 192 Å². The Morgan fingerprint density at radius 3 is 2.56 bits per heavy atom. The third kappa shape index (κ3) is 6.32. The number of ketones is 1. The maximum Gasteiger partial charge on any atom is 0.229 e. The van der Waals surface area contributed by atoms with Crippen molar-refractivity contribution in [2.24, 2.45) is 11.7 Å². The van der Waals surface area contributed by atoms with Crippen LogP contribution in [-0.4, -0.2) is 96.9 Å². The molecular formula is C35H41NO10S2. The van der Waals surface area contributed by atoms with E-state index >= 15 is 0 Å². The molecule has 2 heterocycles. The molecule has 1 fully saturated rings. The Labute approximate surface area is 286 Å². The average Bonchev–Trinajstić information content (AvgIpc) is 3.07. The van der Waals surface area contributed by atoms with E-state index in [1.54, 1.807) is 19.1 Å². The summed E-state index contributed by atoms with van der Waals surface area (Å²) < 4.78 is 18.0. The molecule has 258 valence electrons. The van der Waals surface area contributed by atoms with Crippen LogP contribution in [0.15, 0.2) is 54.6 Å². The van der Waals surface area contributed by atoms with Crippen molar-refractivity contribution in [2.75, 3.05) is 12.9 Å². The first-order valence-corrected chi connectivity index (χ1v) is 18.2. The molecule has 3 aliphatic rings. The van der Waals surface area contributed by atoms with Crippen molar-refractivity contribution in [1.29, 1.82) is 0 Å². The second kappa shape index (κ2) is 14.2. The van der Waals surface area contributed by atoms with Crippen molar-refractivity contribution < 1.29 is 49.6 Å². The van der Waals surface area contributed by atoms with Gasteiger partial charge in [0.25, 0.3) is 0 Å². The molecule has 9 unspecified atom stereocenters. The van der Waals surface area contributed by atoms with Crippen LogP contribution in [0.25, 0.3) is 10.8 Å². The minimum Gasteiger partial charge on any atom is -0.506 e. The summed E-state index contributed by atoms with van der Waals surface area (Å²) in [5.41, 5.74) is 6.47. The number of rotatable bonds is 4. The summed E-state index contributed by atoms with van der Waals surface area (Å²) in [4.78, 5) is 13.7. The van der Waals surface area contributed by atoms with E-state index in [0.29, 0.717) is 35.1 Å². The van der Waals surface area contributed by atoms with Gasteiger partial charge in [0.15, 0.2) is 5.78 Å². The highest BCUT2D eigenvalue weighted by Crippen LogP contribution is 2.49. The van der Waals surface area contributed by atoms with Crippen LogP contribution in [0.4, 0.5) is 0 Å². The Morgan fingerprint density at radius 2 is 1.85 bits per heavy atom. The Balaban J connectivity index is 1.52. The lowest BCUT2D eigenvalue weighted by Gasteiger charge is -2.51. The van der Waals surface area contributed by atoms with E-state index in [9.17, 15) is 35.4 Å². The van der Waals surface area contributed by atoms with Crippen LogP contribution in [0.3, 0.4) is 0 Å². The Morgan fingerprint density at radius 1 is 1.10 bits per heavy atom. The van der Waals surface area contributed by atoms with Crippen molar-refractivity contribution in [1.82, 2.24) is 0 Å². The molecule has 0 radical (unpaired) electrons. The number of aryl methyl sites for hydroxylation is 1. The second-order valence-electron chi connectivity index (χ2n) is 12.6. The molecular weight excluding hydrogens is 659 g/mol. The predicted octanol–water partition coefficient (Wildman–Crippen LogP) is 2.75. The highest BCUT2D eigenvalue weighted by atomic mass is 33.1. The minimum atomic E-state index is -1.87. The molecule has 48 heavy (non-hydrogen) atoms. The number of aliphatic hydroxyl groups is 5. The van der Waals surface area contributed by atoms with Gasteiger partial charge in [-0.25, -0.2) is 0 Å². The van der Waals surface area contributed by atoms with Gasteiger partial charge in [-0.3, -0.25) is 4.79 Å². The van der Waals surface area contributed by atoms with E-state index in [1.807, 2.05) is 30.3 Å². The van der Waals surface area contributed by atoms with Crippen molar-refractivity contribution in [3.05, 3.63) is 76.9 Å². The van der Waals surface area contributed by atoms with Crippen LogP contribution in [0.2, 0.25) is 0 Å². The fraction of sp³-hybridized carbons (Fsp3) is 0.457. The molecule has 3 aromatic rings. The van der Waals surface area contributed by atoms with Gasteiger partial charge in [-0.2, -0.15) is 0 Å². The van der Waals surface area contributed by atoms with E-state index in [2.05, 4.69) is 0 Å². The number of nitrogens with two attached hydrogens (primary N) is 1. The summed E-state index contributed by atoms with van der Waals surface area (Å²) in [5, 5.41) is 68.3. The molecule has 1 saturated heterocycles. The molecule has 4 bridgehead atoms. The fourth-order valence-electron chi connectivity index (χ4n) is 7.14. The Kier molecular flexibility index (Phi) is 10.3. The lowest BCUT2D eigenvalue weighted by Crippen LogP contribution is -2.68. The predicted molar refractivity (Wildman–Crippen MR) is 183 cm³/mol. The number of carbonyl (C=O) groups excluding carboxylic acids is 1. The first kappa shape index (κ1) is 35.0. The molecule has 0 amide bonds. The third-order valence-corrected chi connectivity index (χ3v) is 12.5. The van der Waals surface area contributed by atoms with Gasteiger partial charge in [0.05, 0.1) is 24.7 Å². The van der Waals surface area contributed by atoms with Crippen molar-refractivity contribution in [2.45, 2.75) is 80.4 Å². The van der Waals surface area contributed by atoms with Crippen LogP contribution >= 0.6 is 21.6 Å². The van der Waals surface area contributed by atoms with E-state index in [1.165, 1.54) is 40.8 Å². The third-order valence-electron chi connectivity index (χ3n) is 9.62. The maximum absolute atomic E-state index is 13.7. The number of fused-ring (bicyclic) bond motifs is 5. The monoisotopic (exact) mass is 699 g/mol. The summed E-state index contributed by atoms with van der Waals surface area (Å²) in [5.74, 6) is -0.751. The van der Waals surface area contributed by atoms with Gasteiger partial charge in [-0.15, -0.1) is 0 Å². The first-order chi connectivity index (χ1) is 23.0.